The molecule has 0 bridgehead atoms. The molecule has 0 aliphatic carbocycles. The minimum Gasteiger partial charge on any atom is -0.228 e. The van der Waals surface area contributed by atoms with Gasteiger partial charge in [-0.2, -0.15) is 0 Å². The molecule has 1 unspecified atom stereocenters. The monoisotopic (exact) mass is 172 g/mol. The second-order valence-corrected chi connectivity index (χ2v) is 6.12. The van der Waals surface area contributed by atoms with Gasteiger partial charge in [0.05, 0.1) is 10.5 Å². The summed E-state index contributed by atoms with van der Waals surface area (Å²) in [5, 5.41) is 0. The topological polar surface area (TPSA) is 34.1 Å². The molecule has 1 aliphatic rings. The van der Waals surface area contributed by atoms with Gasteiger partial charge >= 0.3 is 0 Å². The van der Waals surface area contributed by atoms with Gasteiger partial charge in [0.25, 0.3) is 0 Å². The third-order valence-electron chi connectivity index (χ3n) is 2.52. The van der Waals surface area contributed by atoms with E-state index in [1.54, 1.807) is 13.8 Å². The van der Waals surface area contributed by atoms with Crippen LogP contribution in [-0.2, 0) is 9.84 Å². The minimum atomic E-state index is -2.93. The van der Waals surface area contributed by atoms with Crippen molar-refractivity contribution in [2.24, 2.45) is 5.92 Å². The standard InChI is InChI=1S/C8H12O2S/c1-4-7-5-6-11(9,10)8(7,2)3/h1,7H,5-6H2,2-3H3. The van der Waals surface area contributed by atoms with E-state index in [0.29, 0.717) is 6.42 Å². The van der Waals surface area contributed by atoms with E-state index in [4.69, 9.17) is 6.42 Å². The zero-order valence-corrected chi connectivity index (χ0v) is 7.61. The van der Waals surface area contributed by atoms with Gasteiger partial charge in [0, 0.05) is 5.92 Å². The fourth-order valence-electron chi connectivity index (χ4n) is 1.38. The van der Waals surface area contributed by atoms with Crippen molar-refractivity contribution in [1.82, 2.24) is 0 Å². The highest BCUT2D eigenvalue weighted by atomic mass is 32.2. The SMILES string of the molecule is C#CC1CCS(=O)(=O)C1(C)C. The largest absolute Gasteiger partial charge is 0.228 e. The minimum absolute atomic E-state index is 0.104. The van der Waals surface area contributed by atoms with Crippen LogP contribution >= 0.6 is 0 Å². The first kappa shape index (κ1) is 8.61. The predicted molar refractivity (Wildman–Crippen MR) is 44.8 cm³/mol. The summed E-state index contributed by atoms with van der Waals surface area (Å²) in [6.45, 7) is 3.42. The second kappa shape index (κ2) is 2.25. The van der Waals surface area contributed by atoms with Gasteiger partial charge < -0.3 is 0 Å². The molecule has 1 saturated heterocycles. The predicted octanol–water partition coefficient (Wildman–Crippen LogP) is 0.833. The lowest BCUT2D eigenvalue weighted by Crippen LogP contribution is -2.32. The first-order chi connectivity index (χ1) is 4.92. The summed E-state index contributed by atoms with van der Waals surface area (Å²) in [5.41, 5.74) is 0. The van der Waals surface area contributed by atoms with Gasteiger partial charge in [0.1, 0.15) is 0 Å². The van der Waals surface area contributed by atoms with E-state index < -0.39 is 14.6 Å². The van der Waals surface area contributed by atoms with Gasteiger partial charge in [0.15, 0.2) is 9.84 Å². The average molecular weight is 172 g/mol. The first-order valence-electron chi connectivity index (χ1n) is 3.60. The maximum atomic E-state index is 11.4. The van der Waals surface area contributed by atoms with Crippen LogP contribution in [0.3, 0.4) is 0 Å². The third-order valence-corrected chi connectivity index (χ3v) is 5.18. The van der Waals surface area contributed by atoms with E-state index in [0.717, 1.165) is 0 Å². The van der Waals surface area contributed by atoms with Crippen molar-refractivity contribution in [2.75, 3.05) is 5.75 Å². The molecule has 0 radical (unpaired) electrons. The van der Waals surface area contributed by atoms with Crippen LogP contribution in [0.15, 0.2) is 0 Å². The first-order valence-corrected chi connectivity index (χ1v) is 5.25. The molecule has 0 spiro atoms. The van der Waals surface area contributed by atoms with Crippen LogP contribution in [0.2, 0.25) is 0 Å². The molecular weight excluding hydrogens is 160 g/mol. The van der Waals surface area contributed by atoms with Crippen LogP contribution in [-0.4, -0.2) is 18.9 Å². The zero-order chi connectivity index (χ0) is 8.70. The van der Waals surface area contributed by atoms with E-state index in [-0.39, 0.29) is 11.7 Å². The summed E-state index contributed by atoms with van der Waals surface area (Å²) < 4.78 is 22.0. The molecule has 0 amide bonds. The molecule has 2 nitrogen and oxygen atoms in total. The summed E-state index contributed by atoms with van der Waals surface area (Å²) in [4.78, 5) is 0. The molecule has 1 rings (SSSR count). The number of hydrogen-bond acceptors (Lipinski definition) is 2. The van der Waals surface area contributed by atoms with Crippen LogP contribution in [0.25, 0.3) is 0 Å². The molecule has 0 aromatic heterocycles. The molecule has 3 heteroatoms. The van der Waals surface area contributed by atoms with Gasteiger partial charge in [-0.05, 0) is 20.3 Å². The van der Waals surface area contributed by atoms with Crippen molar-refractivity contribution in [1.29, 1.82) is 0 Å². The summed E-state index contributed by atoms with van der Waals surface area (Å²) in [7, 11) is -2.93. The molecular formula is C8H12O2S. The summed E-state index contributed by atoms with van der Waals surface area (Å²) in [6, 6.07) is 0. The Bertz CT molecular complexity index is 293. The third kappa shape index (κ3) is 1.06. The average Bonchev–Trinajstić information content (AvgIpc) is 2.05. The maximum Gasteiger partial charge on any atom is 0.156 e. The Morgan fingerprint density at radius 2 is 2.09 bits per heavy atom. The zero-order valence-electron chi connectivity index (χ0n) is 6.79. The van der Waals surface area contributed by atoms with Gasteiger partial charge in [-0.15, -0.1) is 12.3 Å². The molecule has 1 heterocycles. The normalized spacial score (nSPS) is 33.0. The molecule has 0 aromatic rings. The Balaban J connectivity index is 3.12. The summed E-state index contributed by atoms with van der Waals surface area (Å²) in [5.74, 6) is 2.67. The Morgan fingerprint density at radius 3 is 2.27 bits per heavy atom. The van der Waals surface area contributed by atoms with Crippen LogP contribution in [0, 0.1) is 18.3 Å². The Labute approximate surface area is 67.9 Å². The Kier molecular flexibility index (Phi) is 1.76. The number of terminal acetylenes is 1. The van der Waals surface area contributed by atoms with E-state index in [9.17, 15) is 8.42 Å². The van der Waals surface area contributed by atoms with Crippen molar-refractivity contribution in [2.45, 2.75) is 25.0 Å². The second-order valence-electron chi connectivity index (χ2n) is 3.43. The fourth-order valence-corrected chi connectivity index (χ4v) is 3.08. The Hall–Kier alpha value is -0.490. The quantitative estimate of drug-likeness (QED) is 0.507. The highest BCUT2D eigenvalue weighted by molar-refractivity contribution is 7.93. The molecule has 0 N–H and O–H groups in total. The highest BCUT2D eigenvalue weighted by Crippen LogP contribution is 2.36. The van der Waals surface area contributed by atoms with Crippen LogP contribution < -0.4 is 0 Å². The van der Waals surface area contributed by atoms with Gasteiger partial charge in [0.2, 0.25) is 0 Å². The van der Waals surface area contributed by atoms with Crippen molar-refractivity contribution in [3.05, 3.63) is 0 Å². The number of sulfone groups is 1. The van der Waals surface area contributed by atoms with Crippen LogP contribution in [0.1, 0.15) is 20.3 Å². The molecule has 1 fully saturated rings. The maximum absolute atomic E-state index is 11.4. The lowest BCUT2D eigenvalue weighted by Gasteiger charge is -2.20. The van der Waals surface area contributed by atoms with E-state index in [1.807, 2.05) is 0 Å². The van der Waals surface area contributed by atoms with E-state index in [1.165, 1.54) is 0 Å². The fraction of sp³-hybridized carbons (Fsp3) is 0.750. The van der Waals surface area contributed by atoms with Crippen LogP contribution in [0.4, 0.5) is 0 Å². The van der Waals surface area contributed by atoms with Crippen molar-refractivity contribution >= 4 is 9.84 Å². The molecule has 0 saturated carbocycles. The Morgan fingerprint density at radius 1 is 1.55 bits per heavy atom. The molecule has 1 aliphatic heterocycles. The van der Waals surface area contributed by atoms with Gasteiger partial charge in [-0.3, -0.25) is 0 Å². The smallest absolute Gasteiger partial charge is 0.156 e. The lowest BCUT2D eigenvalue weighted by molar-refractivity contribution is 0.508. The van der Waals surface area contributed by atoms with Gasteiger partial charge in [-0.1, -0.05) is 0 Å². The van der Waals surface area contributed by atoms with Crippen molar-refractivity contribution in [3.8, 4) is 12.3 Å². The molecule has 1 atom stereocenters. The van der Waals surface area contributed by atoms with Crippen molar-refractivity contribution in [3.63, 3.8) is 0 Å². The van der Waals surface area contributed by atoms with Crippen molar-refractivity contribution < 1.29 is 8.42 Å². The molecule has 0 aromatic carbocycles. The number of hydrogen-bond donors (Lipinski definition) is 0. The van der Waals surface area contributed by atoms with Crippen LogP contribution in [0.5, 0.6) is 0 Å². The lowest BCUT2D eigenvalue weighted by atomic mass is 9.94. The summed E-state index contributed by atoms with van der Waals surface area (Å²) >= 11 is 0. The van der Waals surface area contributed by atoms with E-state index in [2.05, 4.69) is 5.92 Å². The van der Waals surface area contributed by atoms with E-state index >= 15 is 0 Å². The summed E-state index contributed by atoms with van der Waals surface area (Å²) in [6.07, 6.45) is 5.83. The van der Waals surface area contributed by atoms with Gasteiger partial charge in [-0.25, -0.2) is 8.42 Å². The highest BCUT2D eigenvalue weighted by Gasteiger charge is 2.46. The molecule has 62 valence electrons. The molecule has 11 heavy (non-hydrogen) atoms. The number of rotatable bonds is 0.